The first-order chi connectivity index (χ1) is 6.49. The van der Waals surface area contributed by atoms with Gasteiger partial charge in [0.15, 0.2) is 0 Å². The molecule has 0 radical (unpaired) electrons. The van der Waals surface area contributed by atoms with Crippen LogP contribution in [0.3, 0.4) is 0 Å². The van der Waals surface area contributed by atoms with Gasteiger partial charge in [-0.3, -0.25) is 0 Å². The van der Waals surface area contributed by atoms with E-state index in [1.165, 1.54) is 0 Å². The lowest BCUT2D eigenvalue weighted by Gasteiger charge is -2.08. The lowest BCUT2D eigenvalue weighted by Crippen LogP contribution is -1.88. The fraction of sp³-hybridized carbons (Fsp3) is 0. The standard InChI is InChI=1S/C6H7O3PS.CHNO/c7-10(8,11)9-6-4-2-1-3-5-6;2-1-3/h1-5H,(H2,7,8,11);3H. The highest BCUT2D eigenvalue weighted by Gasteiger charge is 2.08. The Morgan fingerprint density at radius 1 is 1.29 bits per heavy atom. The molecule has 1 aromatic carbocycles. The number of rotatable bonds is 2. The van der Waals surface area contributed by atoms with Gasteiger partial charge >= 0.3 is 6.72 Å². The van der Waals surface area contributed by atoms with Crippen LogP contribution in [0.2, 0.25) is 0 Å². The molecule has 0 aliphatic rings. The predicted octanol–water partition coefficient (Wildman–Crippen LogP) is 1.11. The molecule has 0 unspecified atom stereocenters. The molecule has 3 N–H and O–H groups in total. The molecule has 0 atom stereocenters. The zero-order chi connectivity index (χ0) is 11.0. The zero-order valence-corrected chi connectivity index (χ0v) is 8.65. The van der Waals surface area contributed by atoms with E-state index in [9.17, 15) is 0 Å². The third-order valence-corrected chi connectivity index (χ3v) is 1.64. The number of nitrogens with zero attached hydrogens (tertiary/aromatic N) is 1. The first-order valence-electron chi connectivity index (χ1n) is 3.33. The van der Waals surface area contributed by atoms with Crippen molar-refractivity contribution in [2.24, 2.45) is 0 Å². The first kappa shape index (κ1) is 12.9. The summed E-state index contributed by atoms with van der Waals surface area (Å²) in [6, 6.07) is 8.45. The van der Waals surface area contributed by atoms with Crippen LogP contribution in [-0.2, 0) is 11.8 Å². The average molecular weight is 233 g/mol. The van der Waals surface area contributed by atoms with Gasteiger partial charge in [0.05, 0.1) is 0 Å². The molecule has 14 heavy (non-hydrogen) atoms. The van der Waals surface area contributed by atoms with Crippen LogP contribution in [0.5, 0.6) is 5.75 Å². The van der Waals surface area contributed by atoms with Crippen LogP contribution in [0.15, 0.2) is 30.3 Å². The Morgan fingerprint density at radius 2 is 1.71 bits per heavy atom. The number of aliphatic hydroxyl groups is 1. The summed E-state index contributed by atoms with van der Waals surface area (Å²) >= 11 is 4.27. The SMILES string of the molecule is N#CO.OP(O)(=S)Oc1ccccc1. The van der Waals surface area contributed by atoms with Gasteiger partial charge in [-0.2, -0.15) is 5.26 Å². The molecule has 0 aromatic heterocycles. The van der Waals surface area contributed by atoms with E-state index >= 15 is 0 Å². The maximum absolute atomic E-state index is 8.73. The van der Waals surface area contributed by atoms with E-state index in [0.29, 0.717) is 5.75 Å². The van der Waals surface area contributed by atoms with Crippen molar-refractivity contribution in [3.05, 3.63) is 30.3 Å². The summed E-state index contributed by atoms with van der Waals surface area (Å²) in [7, 11) is 0. The maximum atomic E-state index is 8.73. The minimum absolute atomic E-state index is 0.376. The van der Waals surface area contributed by atoms with Crippen LogP contribution in [0.4, 0.5) is 0 Å². The Bertz CT molecular complexity index is 344. The summed E-state index contributed by atoms with van der Waals surface area (Å²) in [4.78, 5) is 17.5. The summed E-state index contributed by atoms with van der Waals surface area (Å²) in [6.45, 7) is -3.55. The molecule has 1 rings (SSSR count). The molecule has 0 bridgehead atoms. The van der Waals surface area contributed by atoms with E-state index in [1.54, 1.807) is 30.3 Å². The average Bonchev–Trinajstić information content (AvgIpc) is 2.04. The Morgan fingerprint density at radius 3 is 2.07 bits per heavy atom. The number of hydrogen-bond donors (Lipinski definition) is 3. The molecule has 0 spiro atoms. The zero-order valence-electron chi connectivity index (χ0n) is 6.94. The number of benzene rings is 1. The second kappa shape index (κ2) is 6.35. The fourth-order valence-corrected chi connectivity index (χ4v) is 1.27. The molecule has 5 nitrogen and oxygen atoms in total. The third-order valence-electron chi connectivity index (χ3n) is 0.968. The Balaban J connectivity index is 0.000000500. The highest BCUT2D eigenvalue weighted by molar-refractivity contribution is 8.06. The number of hydrogen-bond acceptors (Lipinski definition) is 4. The molecule has 0 aliphatic heterocycles. The van der Waals surface area contributed by atoms with Crippen LogP contribution in [0, 0.1) is 11.5 Å². The van der Waals surface area contributed by atoms with E-state index in [-0.39, 0.29) is 0 Å². The molecule has 1 aromatic rings. The van der Waals surface area contributed by atoms with Crippen molar-refractivity contribution >= 4 is 18.5 Å². The number of aliphatic hydroxyl groups excluding tert-OH is 1. The van der Waals surface area contributed by atoms with Crippen molar-refractivity contribution in [1.29, 1.82) is 5.26 Å². The lowest BCUT2D eigenvalue weighted by molar-refractivity contribution is 0.370. The molecule has 7 heteroatoms. The molecular formula is C7H8NO4PS. The van der Waals surface area contributed by atoms with Crippen LogP contribution < -0.4 is 4.52 Å². The molecule has 0 amide bonds. The minimum Gasteiger partial charge on any atom is -0.443 e. The smallest absolute Gasteiger partial charge is 0.375 e. The second-order valence-corrected chi connectivity index (χ2v) is 4.59. The van der Waals surface area contributed by atoms with Crippen LogP contribution in [0.1, 0.15) is 0 Å². The van der Waals surface area contributed by atoms with Gasteiger partial charge in [0.2, 0.25) is 0 Å². The predicted molar refractivity (Wildman–Crippen MR) is 53.3 cm³/mol. The summed E-state index contributed by atoms with van der Waals surface area (Å²) < 4.78 is 4.64. The third kappa shape index (κ3) is 7.53. The van der Waals surface area contributed by atoms with Gasteiger partial charge in [-0.1, -0.05) is 18.2 Å². The molecule has 0 aliphatic carbocycles. The largest absolute Gasteiger partial charge is 0.443 e. The molecule has 76 valence electrons. The van der Waals surface area contributed by atoms with Gasteiger partial charge in [-0.15, -0.1) is 0 Å². The lowest BCUT2D eigenvalue weighted by atomic mass is 10.3. The van der Waals surface area contributed by atoms with E-state index in [0.717, 1.165) is 6.26 Å². The highest BCUT2D eigenvalue weighted by Crippen LogP contribution is 2.37. The Labute approximate surface area is 86.1 Å². The fourth-order valence-electron chi connectivity index (χ4n) is 0.619. The van der Waals surface area contributed by atoms with Crippen LogP contribution >= 0.6 is 6.72 Å². The summed E-state index contributed by atoms with van der Waals surface area (Å²) in [5, 5.41) is 13.8. The van der Waals surface area contributed by atoms with Crippen molar-refractivity contribution < 1.29 is 19.4 Å². The van der Waals surface area contributed by atoms with Gasteiger partial charge in [-0.05, 0) is 12.1 Å². The topological polar surface area (TPSA) is 93.7 Å². The van der Waals surface area contributed by atoms with Gasteiger partial charge in [0.1, 0.15) is 5.75 Å². The van der Waals surface area contributed by atoms with Crippen molar-refractivity contribution in [2.75, 3.05) is 0 Å². The normalized spacial score (nSPS) is 9.21. The van der Waals surface area contributed by atoms with Crippen molar-refractivity contribution in [2.45, 2.75) is 0 Å². The van der Waals surface area contributed by atoms with E-state index in [2.05, 4.69) is 16.3 Å². The number of para-hydroxylation sites is 1. The summed E-state index contributed by atoms with van der Waals surface area (Å²) in [6.07, 6.45) is 0.750. The second-order valence-electron chi connectivity index (χ2n) is 1.99. The molecule has 0 fully saturated rings. The number of nitriles is 1. The molecular weight excluding hydrogens is 225 g/mol. The van der Waals surface area contributed by atoms with E-state index in [1.807, 2.05) is 0 Å². The van der Waals surface area contributed by atoms with Crippen LogP contribution in [-0.4, -0.2) is 14.9 Å². The van der Waals surface area contributed by atoms with Crippen molar-refractivity contribution in [3.63, 3.8) is 0 Å². The molecule has 0 heterocycles. The van der Waals surface area contributed by atoms with Gasteiger partial charge in [0, 0.05) is 11.8 Å². The summed E-state index contributed by atoms with van der Waals surface area (Å²) in [5.74, 6) is 0.376. The van der Waals surface area contributed by atoms with E-state index in [4.69, 9.17) is 20.2 Å². The summed E-state index contributed by atoms with van der Waals surface area (Å²) in [5.41, 5.74) is 0. The monoisotopic (exact) mass is 233 g/mol. The first-order valence-corrected chi connectivity index (χ1v) is 5.95. The van der Waals surface area contributed by atoms with Gasteiger partial charge in [0.25, 0.3) is 6.26 Å². The van der Waals surface area contributed by atoms with Crippen LogP contribution in [0.25, 0.3) is 0 Å². The quantitative estimate of drug-likeness (QED) is 0.523. The maximum Gasteiger partial charge on any atom is 0.375 e. The minimum atomic E-state index is -3.55. The van der Waals surface area contributed by atoms with Gasteiger partial charge in [-0.25, -0.2) is 0 Å². The van der Waals surface area contributed by atoms with Gasteiger partial charge < -0.3 is 19.4 Å². The molecule has 0 saturated heterocycles. The molecule has 0 saturated carbocycles. The van der Waals surface area contributed by atoms with Crippen molar-refractivity contribution in [3.8, 4) is 12.0 Å². The highest BCUT2D eigenvalue weighted by atomic mass is 32.5. The Kier molecular flexibility index (Phi) is 5.84. The van der Waals surface area contributed by atoms with E-state index < -0.39 is 6.72 Å². The Hall–Kier alpha value is -1.12. The van der Waals surface area contributed by atoms with Crippen molar-refractivity contribution in [1.82, 2.24) is 0 Å².